The highest BCUT2D eigenvalue weighted by Crippen LogP contribution is 2.27. The number of carbonyl (C=O) groups excluding carboxylic acids is 1. The maximum atomic E-state index is 12.2. The Bertz CT molecular complexity index is 1020. The third-order valence-corrected chi connectivity index (χ3v) is 3.97. The Balaban J connectivity index is 1.38. The van der Waals surface area contributed by atoms with Crippen LogP contribution in [0.2, 0.25) is 0 Å². The summed E-state index contributed by atoms with van der Waals surface area (Å²) in [6, 6.07) is 32.2. The predicted molar refractivity (Wildman–Crippen MR) is 113 cm³/mol. The fourth-order valence-electron chi connectivity index (χ4n) is 2.66. The first-order valence-corrected chi connectivity index (χ1v) is 9.30. The molecule has 0 radical (unpaired) electrons. The third-order valence-electron chi connectivity index (χ3n) is 3.97. The molecule has 30 heavy (non-hydrogen) atoms. The van der Waals surface area contributed by atoms with Gasteiger partial charge in [0.2, 0.25) is 0 Å². The van der Waals surface area contributed by atoms with Gasteiger partial charge in [-0.1, -0.05) is 48.5 Å². The highest BCUT2D eigenvalue weighted by molar-refractivity contribution is 5.67. The average molecular weight is 398 g/mol. The van der Waals surface area contributed by atoms with Crippen molar-refractivity contribution in [3.8, 4) is 34.5 Å². The summed E-state index contributed by atoms with van der Waals surface area (Å²) in [4.78, 5) is 12.2. The number of carbonyl (C=O) groups is 1. The number of para-hydroxylation sites is 2. The molecule has 4 aromatic rings. The first kappa shape index (κ1) is 19.1. The summed E-state index contributed by atoms with van der Waals surface area (Å²) >= 11 is 0. The molecule has 0 bridgehead atoms. The van der Waals surface area contributed by atoms with Crippen LogP contribution in [0.5, 0.6) is 34.5 Å². The lowest BCUT2D eigenvalue weighted by atomic mass is 10.3. The zero-order chi connectivity index (χ0) is 20.6. The number of ether oxygens (including phenoxy) is 4. The largest absolute Gasteiger partial charge is 0.519 e. The van der Waals surface area contributed by atoms with Gasteiger partial charge in [0.05, 0.1) is 0 Å². The van der Waals surface area contributed by atoms with Gasteiger partial charge in [-0.05, 0) is 48.5 Å². The maximum absolute atomic E-state index is 12.2. The van der Waals surface area contributed by atoms with Crippen LogP contribution in [0.1, 0.15) is 0 Å². The minimum absolute atomic E-state index is 0.310. The van der Waals surface area contributed by atoms with Gasteiger partial charge in [-0.3, -0.25) is 0 Å². The Morgan fingerprint density at radius 3 is 1.23 bits per heavy atom. The third kappa shape index (κ3) is 5.39. The average Bonchev–Trinajstić information content (AvgIpc) is 2.76. The molecular formula is C25H18O5. The SMILES string of the molecule is O=C(Oc1cccc(Oc2ccccc2)c1)Oc1cccc(Oc2ccccc2)c1. The first-order chi connectivity index (χ1) is 14.7. The van der Waals surface area contributed by atoms with Gasteiger partial charge in [-0.15, -0.1) is 0 Å². The molecule has 4 rings (SSSR count). The fraction of sp³-hybridized carbons (Fsp3) is 0. The van der Waals surface area contributed by atoms with E-state index in [0.29, 0.717) is 34.5 Å². The van der Waals surface area contributed by atoms with Gasteiger partial charge >= 0.3 is 6.16 Å². The van der Waals surface area contributed by atoms with E-state index in [4.69, 9.17) is 18.9 Å². The quantitative estimate of drug-likeness (QED) is 0.263. The monoisotopic (exact) mass is 398 g/mol. The van der Waals surface area contributed by atoms with Crippen molar-refractivity contribution in [3.63, 3.8) is 0 Å². The van der Waals surface area contributed by atoms with Gasteiger partial charge in [0, 0.05) is 12.1 Å². The van der Waals surface area contributed by atoms with Crippen molar-refractivity contribution in [1.82, 2.24) is 0 Å². The Kier molecular flexibility index (Phi) is 5.91. The van der Waals surface area contributed by atoms with Gasteiger partial charge in [0.1, 0.15) is 34.5 Å². The lowest BCUT2D eigenvalue weighted by Crippen LogP contribution is -2.13. The van der Waals surface area contributed by atoms with Crippen LogP contribution < -0.4 is 18.9 Å². The van der Waals surface area contributed by atoms with Gasteiger partial charge in [0.15, 0.2) is 0 Å². The van der Waals surface area contributed by atoms with Crippen molar-refractivity contribution in [2.24, 2.45) is 0 Å². The number of hydrogen-bond acceptors (Lipinski definition) is 5. The number of benzene rings is 4. The first-order valence-electron chi connectivity index (χ1n) is 9.30. The topological polar surface area (TPSA) is 54.0 Å². The van der Waals surface area contributed by atoms with E-state index in [1.54, 1.807) is 48.5 Å². The molecule has 0 atom stereocenters. The molecule has 0 saturated heterocycles. The molecule has 0 saturated carbocycles. The Morgan fingerprint density at radius 2 is 0.800 bits per heavy atom. The van der Waals surface area contributed by atoms with Crippen molar-refractivity contribution in [2.45, 2.75) is 0 Å². The number of rotatable bonds is 6. The van der Waals surface area contributed by atoms with E-state index in [9.17, 15) is 4.79 Å². The molecule has 0 fully saturated rings. The summed E-state index contributed by atoms with van der Waals surface area (Å²) in [6.45, 7) is 0. The van der Waals surface area contributed by atoms with Crippen LogP contribution in [0, 0.1) is 0 Å². The zero-order valence-electron chi connectivity index (χ0n) is 15.9. The Morgan fingerprint density at radius 1 is 0.433 bits per heavy atom. The lowest BCUT2D eigenvalue weighted by Gasteiger charge is -2.09. The predicted octanol–water partition coefficient (Wildman–Crippen LogP) is 6.85. The molecule has 0 heterocycles. The van der Waals surface area contributed by atoms with Crippen LogP contribution in [0.25, 0.3) is 0 Å². The van der Waals surface area contributed by atoms with Crippen LogP contribution >= 0.6 is 0 Å². The Labute approximate surface area is 174 Å². The van der Waals surface area contributed by atoms with Crippen LogP contribution in [-0.2, 0) is 0 Å². The number of hydrogen-bond donors (Lipinski definition) is 0. The highest BCUT2D eigenvalue weighted by atomic mass is 16.7. The van der Waals surface area contributed by atoms with E-state index in [1.807, 2.05) is 60.7 Å². The van der Waals surface area contributed by atoms with E-state index in [0.717, 1.165) is 0 Å². The van der Waals surface area contributed by atoms with Crippen molar-refractivity contribution in [2.75, 3.05) is 0 Å². The van der Waals surface area contributed by atoms with Crippen LogP contribution in [0.15, 0.2) is 109 Å². The maximum Gasteiger partial charge on any atom is 0.519 e. The fourth-order valence-corrected chi connectivity index (χ4v) is 2.66. The van der Waals surface area contributed by atoms with E-state index in [2.05, 4.69) is 0 Å². The molecule has 0 aliphatic rings. The van der Waals surface area contributed by atoms with Gasteiger partial charge in [-0.25, -0.2) is 4.79 Å². The highest BCUT2D eigenvalue weighted by Gasteiger charge is 2.10. The van der Waals surface area contributed by atoms with Crippen molar-refractivity contribution < 1.29 is 23.7 Å². The molecule has 0 spiro atoms. The summed E-state index contributed by atoms with van der Waals surface area (Å²) in [7, 11) is 0. The molecule has 0 aliphatic carbocycles. The summed E-state index contributed by atoms with van der Waals surface area (Å²) in [5.41, 5.74) is 0. The zero-order valence-corrected chi connectivity index (χ0v) is 15.9. The molecule has 5 heteroatoms. The van der Waals surface area contributed by atoms with Crippen LogP contribution in [-0.4, -0.2) is 6.16 Å². The molecule has 148 valence electrons. The van der Waals surface area contributed by atoms with E-state index >= 15 is 0 Å². The second-order valence-corrected chi connectivity index (χ2v) is 6.23. The molecule has 0 unspecified atom stereocenters. The van der Waals surface area contributed by atoms with Gasteiger partial charge < -0.3 is 18.9 Å². The summed E-state index contributed by atoms with van der Waals surface area (Å²) in [5, 5.41) is 0. The molecule has 0 aliphatic heterocycles. The molecule has 0 N–H and O–H groups in total. The molecule has 0 aromatic heterocycles. The summed E-state index contributed by atoms with van der Waals surface area (Å²) < 4.78 is 22.0. The normalized spacial score (nSPS) is 10.1. The van der Waals surface area contributed by atoms with E-state index < -0.39 is 6.16 Å². The summed E-state index contributed by atoms with van der Waals surface area (Å²) in [5.74, 6) is 3.09. The van der Waals surface area contributed by atoms with Crippen LogP contribution in [0.4, 0.5) is 4.79 Å². The smallest absolute Gasteiger partial charge is 0.457 e. The molecule has 4 aromatic carbocycles. The molecule has 5 nitrogen and oxygen atoms in total. The minimum Gasteiger partial charge on any atom is -0.457 e. The van der Waals surface area contributed by atoms with Crippen molar-refractivity contribution in [3.05, 3.63) is 109 Å². The van der Waals surface area contributed by atoms with Crippen molar-refractivity contribution in [1.29, 1.82) is 0 Å². The van der Waals surface area contributed by atoms with Gasteiger partial charge in [-0.2, -0.15) is 0 Å². The lowest BCUT2D eigenvalue weighted by molar-refractivity contribution is 0.151. The Hall–Kier alpha value is -4.25. The molecule has 0 amide bonds. The van der Waals surface area contributed by atoms with Crippen molar-refractivity contribution >= 4 is 6.16 Å². The molecular weight excluding hydrogens is 380 g/mol. The second kappa shape index (κ2) is 9.30. The van der Waals surface area contributed by atoms with Crippen LogP contribution in [0.3, 0.4) is 0 Å². The minimum atomic E-state index is -0.858. The summed E-state index contributed by atoms with van der Waals surface area (Å²) in [6.07, 6.45) is -0.858. The standard InChI is InChI=1S/C25H18O5/c26-25(29-23-15-7-13-21(17-23)27-19-9-3-1-4-10-19)30-24-16-8-14-22(18-24)28-20-11-5-2-6-12-20/h1-18H. The van der Waals surface area contributed by atoms with Gasteiger partial charge in [0.25, 0.3) is 0 Å². The van der Waals surface area contributed by atoms with E-state index in [-0.39, 0.29) is 0 Å². The second-order valence-electron chi connectivity index (χ2n) is 6.23. The van der Waals surface area contributed by atoms with E-state index in [1.165, 1.54) is 0 Å².